The number of hydrogen-bond acceptors (Lipinski definition) is 4. The zero-order valence-corrected chi connectivity index (χ0v) is 15.8. The summed E-state index contributed by atoms with van der Waals surface area (Å²) in [7, 11) is 0. The van der Waals surface area contributed by atoms with Gasteiger partial charge in [-0.2, -0.15) is 0 Å². The summed E-state index contributed by atoms with van der Waals surface area (Å²) >= 11 is 0. The number of nitrogens with zero attached hydrogens (tertiary/aromatic N) is 2. The molecule has 3 aromatic rings. The van der Waals surface area contributed by atoms with E-state index in [0.29, 0.717) is 17.6 Å². The van der Waals surface area contributed by atoms with Gasteiger partial charge >= 0.3 is 0 Å². The monoisotopic (exact) mass is 363 g/mol. The average Bonchev–Trinajstić information content (AvgIpc) is 3.11. The normalized spacial score (nSPS) is 17.1. The van der Waals surface area contributed by atoms with Crippen molar-refractivity contribution in [3.63, 3.8) is 0 Å². The molecule has 1 amide bonds. The topological polar surface area (TPSA) is 58.4 Å². The van der Waals surface area contributed by atoms with Crippen molar-refractivity contribution in [3.05, 3.63) is 59.9 Å². The third-order valence-corrected chi connectivity index (χ3v) is 5.60. The maximum atomic E-state index is 12.5. The van der Waals surface area contributed by atoms with Gasteiger partial charge in [0.15, 0.2) is 5.82 Å². The van der Waals surface area contributed by atoms with Crippen LogP contribution >= 0.6 is 0 Å². The zero-order valence-electron chi connectivity index (χ0n) is 15.8. The first-order valence-corrected chi connectivity index (χ1v) is 9.57. The third kappa shape index (κ3) is 3.74. The van der Waals surface area contributed by atoms with Crippen molar-refractivity contribution in [1.82, 2.24) is 10.1 Å². The Balaban J connectivity index is 1.40. The molecule has 1 N–H and O–H groups in total. The van der Waals surface area contributed by atoms with Gasteiger partial charge < -0.3 is 9.84 Å². The predicted molar refractivity (Wildman–Crippen MR) is 107 cm³/mol. The van der Waals surface area contributed by atoms with Crippen LogP contribution in [0.5, 0.6) is 0 Å². The van der Waals surface area contributed by atoms with E-state index < -0.39 is 0 Å². The number of benzene rings is 2. The molecule has 1 aromatic heterocycles. The van der Waals surface area contributed by atoms with Crippen LogP contribution in [-0.2, 0) is 4.79 Å². The maximum absolute atomic E-state index is 12.5. The number of piperidine rings is 1. The summed E-state index contributed by atoms with van der Waals surface area (Å²) in [5.41, 5.74) is 1.36. The molecule has 0 bridgehead atoms. The molecule has 27 heavy (non-hydrogen) atoms. The van der Waals surface area contributed by atoms with Crippen molar-refractivity contribution < 1.29 is 9.32 Å². The largest absolute Gasteiger partial charge is 0.360 e. The van der Waals surface area contributed by atoms with Crippen LogP contribution in [0.4, 0.5) is 5.82 Å². The number of rotatable bonds is 4. The van der Waals surface area contributed by atoms with Crippen molar-refractivity contribution >= 4 is 22.5 Å². The zero-order chi connectivity index (χ0) is 18.8. The van der Waals surface area contributed by atoms with E-state index in [4.69, 9.17) is 4.52 Å². The van der Waals surface area contributed by atoms with Gasteiger partial charge in [0.25, 0.3) is 0 Å². The first-order valence-electron chi connectivity index (χ1n) is 9.57. The van der Waals surface area contributed by atoms with Crippen molar-refractivity contribution in [2.24, 2.45) is 5.92 Å². The Bertz CT molecular complexity index is 936. The minimum Gasteiger partial charge on any atom is -0.360 e. The minimum absolute atomic E-state index is 0.0259. The quantitative estimate of drug-likeness (QED) is 0.739. The molecule has 0 saturated carbocycles. The number of nitrogens with one attached hydrogen (secondary N) is 1. The molecule has 2 heterocycles. The number of fused-ring (bicyclic) bond motifs is 1. The first-order chi connectivity index (χ1) is 13.1. The highest BCUT2D eigenvalue weighted by Gasteiger charge is 2.28. The van der Waals surface area contributed by atoms with Crippen LogP contribution in [0.2, 0.25) is 0 Å². The Morgan fingerprint density at radius 3 is 2.67 bits per heavy atom. The second-order valence-corrected chi connectivity index (χ2v) is 7.37. The van der Waals surface area contributed by atoms with E-state index in [1.165, 1.54) is 16.3 Å². The second kappa shape index (κ2) is 7.53. The molecule has 0 radical (unpaired) electrons. The van der Waals surface area contributed by atoms with E-state index in [-0.39, 0.29) is 11.8 Å². The molecular formula is C22H25N3O2. The molecule has 140 valence electrons. The SMILES string of the molecule is Cc1cc(NC(=O)C2CCN(C(C)c3cccc4ccccc34)CC2)no1. The third-order valence-electron chi connectivity index (χ3n) is 5.60. The van der Waals surface area contributed by atoms with Gasteiger partial charge in [0, 0.05) is 18.0 Å². The molecule has 0 spiro atoms. The number of carbonyl (C=O) groups excluding carboxylic acids is 1. The molecule has 1 saturated heterocycles. The number of hydrogen-bond donors (Lipinski definition) is 1. The fourth-order valence-electron chi connectivity index (χ4n) is 4.01. The number of aromatic nitrogens is 1. The number of aryl methyl sites for hydroxylation is 1. The average molecular weight is 363 g/mol. The Kier molecular flexibility index (Phi) is 4.94. The second-order valence-electron chi connectivity index (χ2n) is 7.37. The summed E-state index contributed by atoms with van der Waals surface area (Å²) < 4.78 is 5.01. The van der Waals surface area contributed by atoms with Crippen LogP contribution < -0.4 is 5.32 Å². The molecule has 1 atom stereocenters. The van der Waals surface area contributed by atoms with Gasteiger partial charge in [-0.15, -0.1) is 0 Å². The molecule has 5 nitrogen and oxygen atoms in total. The lowest BCUT2D eigenvalue weighted by atomic mass is 9.92. The number of anilines is 1. The molecule has 1 unspecified atom stereocenters. The summed E-state index contributed by atoms with van der Waals surface area (Å²) in [6.45, 7) is 5.91. The van der Waals surface area contributed by atoms with Gasteiger partial charge in [0.2, 0.25) is 5.91 Å². The van der Waals surface area contributed by atoms with Gasteiger partial charge in [-0.25, -0.2) is 0 Å². The summed E-state index contributed by atoms with van der Waals surface area (Å²) in [6, 6.07) is 17.1. The van der Waals surface area contributed by atoms with E-state index in [0.717, 1.165) is 25.9 Å². The molecule has 1 fully saturated rings. The number of carbonyl (C=O) groups is 1. The molecule has 4 rings (SSSR count). The van der Waals surface area contributed by atoms with Gasteiger partial charge in [-0.3, -0.25) is 9.69 Å². The van der Waals surface area contributed by atoms with Gasteiger partial charge in [-0.05, 0) is 56.1 Å². The van der Waals surface area contributed by atoms with Gasteiger partial charge in [0.05, 0.1) is 0 Å². The van der Waals surface area contributed by atoms with Crippen molar-refractivity contribution in [1.29, 1.82) is 0 Å². The lowest BCUT2D eigenvalue weighted by Gasteiger charge is -2.36. The predicted octanol–water partition coefficient (Wildman–Crippen LogP) is 4.55. The Hall–Kier alpha value is -2.66. The first kappa shape index (κ1) is 17.7. The maximum Gasteiger partial charge on any atom is 0.228 e. The standard InChI is InChI=1S/C22H25N3O2/c1-15-14-21(24-27-15)23-22(26)18-10-12-25(13-11-18)16(2)19-9-5-7-17-6-3-4-8-20(17)19/h3-9,14,16,18H,10-13H2,1-2H3,(H,23,24,26). The van der Waals surface area contributed by atoms with Crippen LogP contribution in [0, 0.1) is 12.8 Å². The van der Waals surface area contributed by atoms with E-state index >= 15 is 0 Å². The fourth-order valence-corrected chi connectivity index (χ4v) is 4.01. The molecule has 1 aliphatic rings. The molecule has 2 aromatic carbocycles. The van der Waals surface area contributed by atoms with E-state index in [2.05, 4.69) is 64.8 Å². The Labute approximate surface area is 159 Å². The summed E-state index contributed by atoms with van der Waals surface area (Å²) in [4.78, 5) is 15.0. The van der Waals surface area contributed by atoms with Crippen LogP contribution in [0.1, 0.15) is 37.1 Å². The molecule has 1 aliphatic heterocycles. The van der Waals surface area contributed by atoms with E-state index in [1.54, 1.807) is 6.07 Å². The Morgan fingerprint density at radius 1 is 1.19 bits per heavy atom. The molecule has 0 aliphatic carbocycles. The highest BCUT2D eigenvalue weighted by molar-refractivity contribution is 5.91. The number of amides is 1. The van der Waals surface area contributed by atoms with Crippen LogP contribution in [0.25, 0.3) is 10.8 Å². The summed E-state index contributed by atoms with van der Waals surface area (Å²) in [5.74, 6) is 1.27. The lowest BCUT2D eigenvalue weighted by molar-refractivity contribution is -0.121. The van der Waals surface area contributed by atoms with Crippen LogP contribution in [-0.4, -0.2) is 29.1 Å². The van der Waals surface area contributed by atoms with E-state index in [1.807, 2.05) is 6.92 Å². The smallest absolute Gasteiger partial charge is 0.228 e. The molecule has 5 heteroatoms. The van der Waals surface area contributed by atoms with E-state index in [9.17, 15) is 4.79 Å². The number of likely N-dealkylation sites (tertiary alicyclic amines) is 1. The highest BCUT2D eigenvalue weighted by atomic mass is 16.5. The summed E-state index contributed by atoms with van der Waals surface area (Å²) in [5, 5.41) is 9.31. The van der Waals surface area contributed by atoms with Gasteiger partial charge in [0.1, 0.15) is 5.76 Å². The van der Waals surface area contributed by atoms with Gasteiger partial charge in [-0.1, -0.05) is 47.6 Å². The highest BCUT2D eigenvalue weighted by Crippen LogP contribution is 2.31. The Morgan fingerprint density at radius 2 is 1.93 bits per heavy atom. The summed E-state index contributed by atoms with van der Waals surface area (Å²) in [6.07, 6.45) is 1.72. The fraction of sp³-hybridized carbons (Fsp3) is 0.364. The minimum atomic E-state index is 0.0259. The van der Waals surface area contributed by atoms with Crippen molar-refractivity contribution in [3.8, 4) is 0 Å². The van der Waals surface area contributed by atoms with Crippen molar-refractivity contribution in [2.45, 2.75) is 32.7 Å². The van der Waals surface area contributed by atoms with Crippen LogP contribution in [0.15, 0.2) is 53.1 Å². The van der Waals surface area contributed by atoms with Crippen molar-refractivity contribution in [2.75, 3.05) is 18.4 Å². The van der Waals surface area contributed by atoms with Crippen LogP contribution in [0.3, 0.4) is 0 Å². The lowest BCUT2D eigenvalue weighted by Crippen LogP contribution is -2.39. The molecular weight excluding hydrogens is 338 g/mol.